The smallest absolute Gasteiger partial charge is 0.111 e. The average molecular weight is 266 g/mol. The molecule has 0 radical (unpaired) electrons. The molecule has 3 atom stereocenters. The fourth-order valence-electron chi connectivity index (χ4n) is 3.27. The van der Waals surface area contributed by atoms with Crippen LogP contribution in [0.1, 0.15) is 23.5 Å². The fourth-order valence-corrected chi connectivity index (χ4v) is 3.27. The summed E-state index contributed by atoms with van der Waals surface area (Å²) in [6.45, 7) is 0.808. The zero-order valence-corrected chi connectivity index (χ0v) is 11.3. The molecule has 2 heterocycles. The van der Waals surface area contributed by atoms with Gasteiger partial charge >= 0.3 is 0 Å². The van der Waals surface area contributed by atoms with Gasteiger partial charge in [0.15, 0.2) is 0 Å². The molecule has 2 fully saturated rings. The monoisotopic (exact) mass is 266 g/mol. The number of benzene rings is 2. The average Bonchev–Trinajstić information content (AvgIpc) is 3.30. The molecular weight excluding hydrogens is 248 g/mol. The van der Waals surface area contributed by atoms with Crippen LogP contribution in [0.2, 0.25) is 0 Å². The molecule has 2 aromatic rings. The lowest BCUT2D eigenvalue weighted by Crippen LogP contribution is -2.34. The van der Waals surface area contributed by atoms with Gasteiger partial charge in [-0.3, -0.25) is 0 Å². The van der Waals surface area contributed by atoms with Crippen molar-refractivity contribution in [1.29, 1.82) is 0 Å². The van der Waals surface area contributed by atoms with E-state index in [9.17, 15) is 0 Å². The Morgan fingerprint density at radius 1 is 0.850 bits per heavy atom. The summed E-state index contributed by atoms with van der Waals surface area (Å²) in [5.74, 6) is 0.257. The van der Waals surface area contributed by atoms with Crippen molar-refractivity contribution in [3.05, 3.63) is 71.8 Å². The maximum atomic E-state index is 6.08. The van der Waals surface area contributed by atoms with E-state index in [2.05, 4.69) is 60.7 Å². The van der Waals surface area contributed by atoms with Crippen LogP contribution in [-0.2, 0) is 9.47 Å². The number of hydrogen-bond donors (Lipinski definition) is 0. The van der Waals surface area contributed by atoms with E-state index >= 15 is 0 Å². The number of fused-ring (bicyclic) bond motifs is 1. The molecule has 0 aromatic heterocycles. The van der Waals surface area contributed by atoms with Gasteiger partial charge in [-0.25, -0.2) is 0 Å². The van der Waals surface area contributed by atoms with Crippen LogP contribution in [0.4, 0.5) is 0 Å². The number of hydrogen-bond acceptors (Lipinski definition) is 2. The highest BCUT2D eigenvalue weighted by Crippen LogP contribution is 2.42. The second-order valence-electron chi connectivity index (χ2n) is 5.56. The van der Waals surface area contributed by atoms with Gasteiger partial charge < -0.3 is 9.47 Å². The molecule has 20 heavy (non-hydrogen) atoms. The first-order chi connectivity index (χ1) is 9.93. The van der Waals surface area contributed by atoms with Crippen LogP contribution >= 0.6 is 0 Å². The van der Waals surface area contributed by atoms with Crippen LogP contribution in [0.3, 0.4) is 0 Å². The Kier molecular flexibility index (Phi) is 3.06. The van der Waals surface area contributed by atoms with Gasteiger partial charge in [0.2, 0.25) is 0 Å². The number of ether oxygens (including phenoxy) is 2. The maximum Gasteiger partial charge on any atom is 0.111 e. The first-order valence-corrected chi connectivity index (χ1v) is 7.30. The van der Waals surface area contributed by atoms with Crippen molar-refractivity contribution < 1.29 is 9.47 Å². The van der Waals surface area contributed by atoms with Crippen LogP contribution in [0.25, 0.3) is 0 Å². The van der Waals surface area contributed by atoms with E-state index in [4.69, 9.17) is 9.47 Å². The van der Waals surface area contributed by atoms with Gasteiger partial charge in [-0.05, 0) is 17.5 Å². The standard InChI is InChI=1S/C18H18O2/c1-3-7-13(8-4-1)16(14-9-5-2-6-10-14)18-17-15(20-17)11-12-19-18/h1-10,15-18H,11-12H2/t15-,17+,18+/m0/s1. The summed E-state index contributed by atoms with van der Waals surface area (Å²) in [6.07, 6.45) is 1.87. The summed E-state index contributed by atoms with van der Waals surface area (Å²) < 4.78 is 11.9. The topological polar surface area (TPSA) is 21.8 Å². The largest absolute Gasteiger partial charge is 0.374 e. The molecule has 0 saturated carbocycles. The summed E-state index contributed by atoms with van der Waals surface area (Å²) in [5.41, 5.74) is 2.61. The lowest BCUT2D eigenvalue weighted by molar-refractivity contribution is 0.0161. The Balaban J connectivity index is 1.73. The van der Waals surface area contributed by atoms with Crippen molar-refractivity contribution in [2.75, 3.05) is 6.61 Å². The molecule has 0 aliphatic carbocycles. The Hall–Kier alpha value is -1.64. The van der Waals surface area contributed by atoms with Crippen LogP contribution in [0.15, 0.2) is 60.7 Å². The van der Waals surface area contributed by atoms with E-state index in [1.165, 1.54) is 11.1 Å². The molecule has 0 spiro atoms. The van der Waals surface area contributed by atoms with Gasteiger partial charge in [0.05, 0.1) is 12.2 Å². The highest BCUT2D eigenvalue weighted by atomic mass is 16.6. The van der Waals surface area contributed by atoms with E-state index in [0.717, 1.165) is 13.0 Å². The molecule has 2 aliphatic rings. The highest BCUT2D eigenvalue weighted by Gasteiger charge is 2.51. The van der Waals surface area contributed by atoms with Gasteiger partial charge in [-0.1, -0.05) is 60.7 Å². The van der Waals surface area contributed by atoms with Crippen molar-refractivity contribution >= 4 is 0 Å². The predicted molar refractivity (Wildman–Crippen MR) is 77.7 cm³/mol. The molecule has 0 N–H and O–H groups in total. The third-order valence-electron chi connectivity index (χ3n) is 4.30. The van der Waals surface area contributed by atoms with Crippen molar-refractivity contribution in [2.45, 2.75) is 30.7 Å². The molecule has 4 rings (SSSR count). The third kappa shape index (κ3) is 2.15. The molecule has 0 amide bonds. The highest BCUT2D eigenvalue weighted by molar-refractivity contribution is 5.35. The van der Waals surface area contributed by atoms with E-state index < -0.39 is 0 Å². The zero-order chi connectivity index (χ0) is 13.4. The summed E-state index contributed by atoms with van der Waals surface area (Å²) in [5, 5.41) is 0. The van der Waals surface area contributed by atoms with Crippen molar-refractivity contribution in [3.8, 4) is 0 Å². The second-order valence-corrected chi connectivity index (χ2v) is 5.56. The summed E-state index contributed by atoms with van der Waals surface area (Å²) in [7, 11) is 0. The van der Waals surface area contributed by atoms with Crippen molar-refractivity contribution in [2.24, 2.45) is 0 Å². The Bertz CT molecular complexity index is 527. The van der Waals surface area contributed by atoms with Crippen LogP contribution in [0.5, 0.6) is 0 Å². The minimum Gasteiger partial charge on any atom is -0.374 e. The van der Waals surface area contributed by atoms with Gasteiger partial charge in [0, 0.05) is 12.5 Å². The van der Waals surface area contributed by atoms with E-state index in [1.807, 2.05) is 0 Å². The normalized spacial score (nSPS) is 28.1. The Morgan fingerprint density at radius 2 is 1.45 bits per heavy atom. The number of epoxide rings is 1. The van der Waals surface area contributed by atoms with Gasteiger partial charge in [-0.2, -0.15) is 0 Å². The van der Waals surface area contributed by atoms with E-state index in [1.54, 1.807) is 0 Å². The molecular formula is C18H18O2. The molecule has 2 nitrogen and oxygen atoms in total. The van der Waals surface area contributed by atoms with Crippen LogP contribution in [0, 0.1) is 0 Å². The maximum absolute atomic E-state index is 6.08. The van der Waals surface area contributed by atoms with Crippen molar-refractivity contribution in [1.82, 2.24) is 0 Å². The van der Waals surface area contributed by atoms with E-state index in [-0.39, 0.29) is 18.1 Å². The van der Waals surface area contributed by atoms with Gasteiger partial charge in [-0.15, -0.1) is 0 Å². The first-order valence-electron chi connectivity index (χ1n) is 7.30. The molecule has 102 valence electrons. The van der Waals surface area contributed by atoms with E-state index in [0.29, 0.717) is 6.10 Å². The minimum atomic E-state index is 0.138. The summed E-state index contributed by atoms with van der Waals surface area (Å²) in [6, 6.07) is 21.3. The molecule has 2 saturated heterocycles. The van der Waals surface area contributed by atoms with Gasteiger partial charge in [0.1, 0.15) is 6.10 Å². The third-order valence-corrected chi connectivity index (χ3v) is 4.30. The SMILES string of the molecule is c1ccc(C(c2ccccc2)[C@H]2OCC[C@@H]3O[C@H]32)cc1. The summed E-state index contributed by atoms with van der Waals surface area (Å²) >= 11 is 0. The number of rotatable bonds is 3. The van der Waals surface area contributed by atoms with Crippen LogP contribution < -0.4 is 0 Å². The Labute approximate surface area is 119 Å². The Morgan fingerprint density at radius 3 is 2.05 bits per heavy atom. The fraction of sp³-hybridized carbons (Fsp3) is 0.333. The predicted octanol–water partition coefficient (Wildman–Crippen LogP) is 3.37. The van der Waals surface area contributed by atoms with Gasteiger partial charge in [0.25, 0.3) is 0 Å². The lowest BCUT2D eigenvalue weighted by atomic mass is 9.83. The quantitative estimate of drug-likeness (QED) is 0.794. The minimum absolute atomic E-state index is 0.138. The first kappa shape index (κ1) is 12.1. The lowest BCUT2D eigenvalue weighted by Gasteiger charge is -2.29. The molecule has 2 heteroatoms. The molecule has 0 bridgehead atoms. The molecule has 2 aromatic carbocycles. The van der Waals surface area contributed by atoms with Crippen molar-refractivity contribution in [3.63, 3.8) is 0 Å². The zero-order valence-electron chi connectivity index (χ0n) is 11.3. The molecule has 0 unspecified atom stereocenters. The second kappa shape index (κ2) is 5.04. The van der Waals surface area contributed by atoms with Crippen LogP contribution in [-0.4, -0.2) is 24.9 Å². The summed E-state index contributed by atoms with van der Waals surface area (Å²) in [4.78, 5) is 0. The molecule has 2 aliphatic heterocycles.